The van der Waals surface area contributed by atoms with Crippen LogP contribution >= 0.6 is 11.6 Å². The molecule has 0 aromatic heterocycles. The van der Waals surface area contributed by atoms with Gasteiger partial charge in [0.1, 0.15) is 5.75 Å². The fraction of sp³-hybridized carbons (Fsp3) is 0.250. The lowest BCUT2D eigenvalue weighted by Gasteiger charge is -2.11. The molecule has 0 aliphatic heterocycles. The maximum absolute atomic E-state index is 12.0. The molecule has 1 rings (SSSR count). The number of rotatable bonds is 3. The SMILES string of the molecule is COc1ccc(OS(=O)(=O)C(F)(F)F)c(Cl)c1. The van der Waals surface area contributed by atoms with E-state index in [0.29, 0.717) is 0 Å². The van der Waals surface area contributed by atoms with E-state index < -0.39 is 21.4 Å². The van der Waals surface area contributed by atoms with Crippen LogP contribution in [0.15, 0.2) is 18.2 Å². The summed E-state index contributed by atoms with van der Waals surface area (Å²) in [4.78, 5) is 0. The molecule has 0 amide bonds. The van der Waals surface area contributed by atoms with Crippen LogP contribution in [0, 0.1) is 0 Å². The van der Waals surface area contributed by atoms with Crippen molar-refractivity contribution in [3.8, 4) is 11.5 Å². The lowest BCUT2D eigenvalue weighted by Crippen LogP contribution is -2.28. The van der Waals surface area contributed by atoms with Gasteiger partial charge in [0.2, 0.25) is 0 Å². The molecular weight excluding hydrogens is 285 g/mol. The molecule has 1 aromatic carbocycles. The molecule has 0 fully saturated rings. The maximum Gasteiger partial charge on any atom is 0.534 e. The number of hydrogen-bond donors (Lipinski definition) is 0. The molecule has 0 bridgehead atoms. The zero-order valence-electron chi connectivity index (χ0n) is 8.29. The largest absolute Gasteiger partial charge is 0.534 e. The highest BCUT2D eigenvalue weighted by atomic mass is 35.5. The number of benzene rings is 1. The van der Waals surface area contributed by atoms with Crippen LogP contribution in [0.4, 0.5) is 13.2 Å². The van der Waals surface area contributed by atoms with Crippen molar-refractivity contribution in [1.82, 2.24) is 0 Å². The van der Waals surface area contributed by atoms with Crippen molar-refractivity contribution in [3.63, 3.8) is 0 Å². The van der Waals surface area contributed by atoms with E-state index in [1.807, 2.05) is 0 Å². The van der Waals surface area contributed by atoms with E-state index in [1.54, 1.807) is 0 Å². The summed E-state index contributed by atoms with van der Waals surface area (Å²) < 4.78 is 66.0. The number of hydrogen-bond acceptors (Lipinski definition) is 4. The lowest BCUT2D eigenvalue weighted by molar-refractivity contribution is -0.0500. The average Bonchev–Trinajstić information content (AvgIpc) is 2.19. The molecule has 0 saturated heterocycles. The van der Waals surface area contributed by atoms with Crippen molar-refractivity contribution in [3.05, 3.63) is 23.2 Å². The summed E-state index contributed by atoms with van der Waals surface area (Å²) >= 11 is 5.53. The molecule has 0 atom stereocenters. The number of halogens is 4. The quantitative estimate of drug-likeness (QED) is 0.634. The summed E-state index contributed by atoms with van der Waals surface area (Å²) in [5, 5.41) is -0.308. The topological polar surface area (TPSA) is 52.6 Å². The van der Waals surface area contributed by atoms with Crippen molar-refractivity contribution in [2.75, 3.05) is 7.11 Å². The highest BCUT2D eigenvalue weighted by molar-refractivity contribution is 7.88. The van der Waals surface area contributed by atoms with Gasteiger partial charge in [-0.2, -0.15) is 21.6 Å². The second-order valence-corrected chi connectivity index (χ2v) is 4.72. The van der Waals surface area contributed by atoms with Gasteiger partial charge in [-0.1, -0.05) is 11.6 Å². The molecule has 0 radical (unpaired) electrons. The van der Waals surface area contributed by atoms with Gasteiger partial charge in [-0.25, -0.2) is 0 Å². The monoisotopic (exact) mass is 290 g/mol. The molecule has 0 spiro atoms. The van der Waals surface area contributed by atoms with Gasteiger partial charge in [0, 0.05) is 6.07 Å². The standard InChI is InChI=1S/C8H6ClF3O4S/c1-15-5-2-3-7(6(9)4-5)16-17(13,14)8(10,11)12/h2-4H,1H3. The van der Waals surface area contributed by atoms with Crippen LogP contribution in [-0.2, 0) is 10.1 Å². The Morgan fingerprint density at radius 3 is 2.29 bits per heavy atom. The second-order valence-electron chi connectivity index (χ2n) is 2.78. The van der Waals surface area contributed by atoms with Crippen LogP contribution in [0.3, 0.4) is 0 Å². The van der Waals surface area contributed by atoms with Crippen molar-refractivity contribution in [2.24, 2.45) is 0 Å². The third kappa shape index (κ3) is 3.16. The number of methoxy groups -OCH3 is 1. The van der Waals surface area contributed by atoms with Crippen LogP contribution in [0.1, 0.15) is 0 Å². The van der Waals surface area contributed by atoms with Crippen LogP contribution in [0.25, 0.3) is 0 Å². The number of alkyl halides is 3. The van der Waals surface area contributed by atoms with Gasteiger partial charge in [-0.15, -0.1) is 0 Å². The predicted molar refractivity (Wildman–Crippen MR) is 53.6 cm³/mol. The van der Waals surface area contributed by atoms with Gasteiger partial charge in [0.05, 0.1) is 12.1 Å². The Hall–Kier alpha value is -1.15. The zero-order chi connectivity index (χ0) is 13.3. The van der Waals surface area contributed by atoms with Gasteiger partial charge < -0.3 is 8.92 Å². The first-order valence-corrected chi connectivity index (χ1v) is 5.80. The van der Waals surface area contributed by atoms with E-state index >= 15 is 0 Å². The van der Waals surface area contributed by atoms with Gasteiger partial charge in [0.15, 0.2) is 5.75 Å². The minimum atomic E-state index is -5.72. The Morgan fingerprint density at radius 2 is 1.88 bits per heavy atom. The third-order valence-corrected chi connectivity index (χ3v) is 2.88. The maximum atomic E-state index is 12.0. The van der Waals surface area contributed by atoms with Crippen LogP contribution < -0.4 is 8.92 Å². The van der Waals surface area contributed by atoms with Crippen molar-refractivity contribution in [2.45, 2.75) is 5.51 Å². The molecule has 0 aliphatic rings. The zero-order valence-corrected chi connectivity index (χ0v) is 9.86. The Bertz CT molecular complexity index is 512. The summed E-state index contributed by atoms with van der Waals surface area (Å²) in [5.41, 5.74) is -5.50. The molecule has 0 saturated carbocycles. The second kappa shape index (κ2) is 4.61. The average molecular weight is 291 g/mol. The fourth-order valence-electron chi connectivity index (χ4n) is 0.842. The van der Waals surface area contributed by atoms with Crippen LogP contribution in [-0.4, -0.2) is 21.0 Å². The van der Waals surface area contributed by atoms with Gasteiger partial charge in [-0.3, -0.25) is 0 Å². The lowest BCUT2D eigenvalue weighted by atomic mass is 10.3. The highest BCUT2D eigenvalue weighted by Gasteiger charge is 2.48. The third-order valence-electron chi connectivity index (χ3n) is 1.62. The molecule has 4 nitrogen and oxygen atoms in total. The van der Waals surface area contributed by atoms with Gasteiger partial charge >= 0.3 is 15.6 Å². The highest BCUT2D eigenvalue weighted by Crippen LogP contribution is 2.33. The van der Waals surface area contributed by atoms with Crippen molar-refractivity contribution >= 4 is 21.7 Å². The van der Waals surface area contributed by atoms with E-state index in [4.69, 9.17) is 16.3 Å². The summed E-state index contributed by atoms with van der Waals surface area (Å²) in [5.74, 6) is -0.364. The minimum Gasteiger partial charge on any atom is -0.497 e. The molecule has 96 valence electrons. The molecular formula is C8H6ClF3O4S. The molecule has 0 N–H and O–H groups in total. The van der Waals surface area contributed by atoms with E-state index in [2.05, 4.69) is 4.18 Å². The Labute approximate surface area is 100 Å². The molecule has 17 heavy (non-hydrogen) atoms. The molecule has 0 unspecified atom stereocenters. The first kappa shape index (κ1) is 13.9. The van der Waals surface area contributed by atoms with Gasteiger partial charge in [-0.05, 0) is 12.1 Å². The van der Waals surface area contributed by atoms with Crippen molar-refractivity contribution < 1.29 is 30.5 Å². The number of ether oxygens (including phenoxy) is 1. The predicted octanol–water partition coefficient (Wildman–Crippen LogP) is 2.58. The van der Waals surface area contributed by atoms with E-state index in [0.717, 1.165) is 12.1 Å². The van der Waals surface area contributed by atoms with Crippen molar-refractivity contribution in [1.29, 1.82) is 0 Å². The van der Waals surface area contributed by atoms with E-state index in [1.165, 1.54) is 13.2 Å². The van der Waals surface area contributed by atoms with Gasteiger partial charge in [0.25, 0.3) is 0 Å². The Morgan fingerprint density at radius 1 is 1.29 bits per heavy atom. The minimum absolute atomic E-state index is 0.256. The normalized spacial score (nSPS) is 12.3. The summed E-state index contributed by atoms with van der Waals surface area (Å²) in [6, 6.07) is 3.31. The van der Waals surface area contributed by atoms with E-state index in [9.17, 15) is 21.6 Å². The van der Waals surface area contributed by atoms with Crippen LogP contribution in [0.5, 0.6) is 11.5 Å². The molecule has 0 heterocycles. The Kier molecular flexibility index (Phi) is 3.78. The first-order chi connectivity index (χ1) is 7.67. The van der Waals surface area contributed by atoms with Crippen LogP contribution in [0.2, 0.25) is 5.02 Å². The summed E-state index contributed by atoms with van der Waals surface area (Å²) in [7, 11) is -4.40. The molecule has 0 aliphatic carbocycles. The summed E-state index contributed by atoms with van der Waals surface area (Å²) in [6.45, 7) is 0. The first-order valence-electron chi connectivity index (χ1n) is 4.01. The summed E-state index contributed by atoms with van der Waals surface area (Å²) in [6.07, 6.45) is 0. The Balaban J connectivity index is 3.05. The molecule has 9 heteroatoms. The smallest absolute Gasteiger partial charge is 0.497 e. The fourth-order valence-corrected chi connectivity index (χ4v) is 1.57. The van der Waals surface area contributed by atoms with E-state index in [-0.39, 0.29) is 10.8 Å². The molecule has 1 aromatic rings.